The van der Waals surface area contributed by atoms with E-state index in [0.29, 0.717) is 19.4 Å². The van der Waals surface area contributed by atoms with Crippen LogP contribution >= 0.6 is 0 Å². The van der Waals surface area contributed by atoms with E-state index in [1.54, 1.807) is 0 Å². The predicted octanol–water partition coefficient (Wildman–Crippen LogP) is 4.18. The number of nitrogens with zero attached hydrogens (tertiary/aromatic N) is 1. The lowest BCUT2D eigenvalue weighted by atomic mass is 9.95. The Morgan fingerprint density at radius 1 is 0.806 bits per heavy atom. The molecule has 1 aliphatic rings. The van der Waals surface area contributed by atoms with E-state index in [4.69, 9.17) is 0 Å². The number of rotatable bonds is 7. The Kier molecular flexibility index (Phi) is 6.43. The van der Waals surface area contributed by atoms with Gasteiger partial charge in [-0.3, -0.25) is 10.1 Å². The maximum absolute atomic E-state index is 13.7. The molecule has 0 bridgehead atoms. The first-order valence-electron chi connectivity index (χ1n) is 10.6. The molecule has 1 heterocycles. The smallest absolute Gasteiger partial charge is 0.326 e. The lowest BCUT2D eigenvalue weighted by Crippen LogP contribution is -2.46. The van der Waals surface area contributed by atoms with E-state index in [2.05, 4.69) is 5.32 Å². The normalized spacial score (nSPS) is 16.9. The van der Waals surface area contributed by atoms with Crippen LogP contribution in [-0.2, 0) is 9.59 Å². The van der Waals surface area contributed by atoms with Crippen LogP contribution < -0.4 is 5.32 Å². The zero-order valence-electron chi connectivity index (χ0n) is 17.2. The maximum atomic E-state index is 13.7. The van der Waals surface area contributed by atoms with Gasteiger partial charge in [-0.2, -0.15) is 0 Å². The van der Waals surface area contributed by atoms with Gasteiger partial charge in [-0.1, -0.05) is 91.0 Å². The third kappa shape index (κ3) is 4.67. The molecule has 5 heteroatoms. The number of carboxylic acid groups (broad SMARTS) is 1. The van der Waals surface area contributed by atoms with Crippen molar-refractivity contribution >= 4 is 11.9 Å². The highest BCUT2D eigenvalue weighted by Gasteiger charge is 2.38. The minimum atomic E-state index is -0.944. The summed E-state index contributed by atoms with van der Waals surface area (Å²) in [6.07, 6.45) is 1.19. The first-order valence-corrected chi connectivity index (χ1v) is 10.6. The molecule has 1 saturated heterocycles. The van der Waals surface area contributed by atoms with Gasteiger partial charge in [-0.15, -0.1) is 0 Å². The Morgan fingerprint density at radius 2 is 1.29 bits per heavy atom. The minimum absolute atomic E-state index is 0.201. The SMILES string of the molecule is O=C(O)[C@@H]1CCCN1C(=O)[C@H](NC(c1ccccc1)c1ccccc1)c1ccccc1. The van der Waals surface area contributed by atoms with Gasteiger partial charge in [-0.05, 0) is 29.5 Å². The lowest BCUT2D eigenvalue weighted by Gasteiger charge is -2.31. The quantitative estimate of drug-likeness (QED) is 0.608. The average Bonchev–Trinajstić information content (AvgIpc) is 3.32. The molecule has 0 aromatic heterocycles. The highest BCUT2D eigenvalue weighted by atomic mass is 16.4. The second-order valence-electron chi connectivity index (χ2n) is 7.79. The largest absolute Gasteiger partial charge is 0.480 e. The van der Waals surface area contributed by atoms with Crippen LogP contribution in [0.5, 0.6) is 0 Å². The molecule has 1 aliphatic heterocycles. The predicted molar refractivity (Wildman–Crippen MR) is 119 cm³/mol. The fourth-order valence-electron chi connectivity index (χ4n) is 4.25. The van der Waals surface area contributed by atoms with E-state index in [0.717, 1.165) is 16.7 Å². The minimum Gasteiger partial charge on any atom is -0.480 e. The Bertz CT molecular complexity index is 969. The molecule has 3 aromatic rings. The van der Waals surface area contributed by atoms with E-state index in [9.17, 15) is 14.7 Å². The number of nitrogens with one attached hydrogen (secondary N) is 1. The Labute approximate surface area is 182 Å². The van der Waals surface area contributed by atoms with Gasteiger partial charge in [0.2, 0.25) is 5.91 Å². The number of likely N-dealkylation sites (tertiary alicyclic amines) is 1. The van der Waals surface area contributed by atoms with Gasteiger partial charge in [0.15, 0.2) is 0 Å². The van der Waals surface area contributed by atoms with Crippen molar-refractivity contribution < 1.29 is 14.7 Å². The summed E-state index contributed by atoms with van der Waals surface area (Å²) in [6.45, 7) is 0.460. The Hall–Kier alpha value is -3.44. The lowest BCUT2D eigenvalue weighted by molar-refractivity contribution is -0.149. The number of benzene rings is 3. The average molecular weight is 415 g/mol. The summed E-state index contributed by atoms with van der Waals surface area (Å²) in [6, 6.07) is 27.9. The summed E-state index contributed by atoms with van der Waals surface area (Å²) >= 11 is 0. The van der Waals surface area contributed by atoms with E-state index in [-0.39, 0.29) is 11.9 Å². The molecule has 0 radical (unpaired) electrons. The second-order valence-corrected chi connectivity index (χ2v) is 7.79. The van der Waals surface area contributed by atoms with Crippen molar-refractivity contribution in [2.75, 3.05) is 6.54 Å². The van der Waals surface area contributed by atoms with Crippen LogP contribution in [0.3, 0.4) is 0 Å². The zero-order valence-corrected chi connectivity index (χ0v) is 17.2. The molecule has 5 nitrogen and oxygen atoms in total. The molecule has 0 unspecified atom stereocenters. The summed E-state index contributed by atoms with van der Waals surface area (Å²) in [5.41, 5.74) is 2.90. The van der Waals surface area contributed by atoms with Gasteiger partial charge < -0.3 is 10.0 Å². The number of amides is 1. The zero-order chi connectivity index (χ0) is 21.6. The van der Waals surface area contributed by atoms with Gasteiger partial charge >= 0.3 is 5.97 Å². The summed E-state index contributed by atoms with van der Waals surface area (Å²) < 4.78 is 0. The molecular weight excluding hydrogens is 388 g/mol. The van der Waals surface area contributed by atoms with Crippen molar-refractivity contribution in [3.8, 4) is 0 Å². The van der Waals surface area contributed by atoms with E-state index in [1.165, 1.54) is 4.90 Å². The number of aliphatic carboxylic acids is 1. The Balaban J connectivity index is 1.72. The van der Waals surface area contributed by atoms with Crippen molar-refractivity contribution in [1.29, 1.82) is 0 Å². The van der Waals surface area contributed by atoms with Gasteiger partial charge in [-0.25, -0.2) is 4.79 Å². The number of carbonyl (C=O) groups is 2. The van der Waals surface area contributed by atoms with E-state index in [1.807, 2.05) is 91.0 Å². The van der Waals surface area contributed by atoms with Crippen LogP contribution in [0.1, 0.15) is 41.6 Å². The first-order chi connectivity index (χ1) is 15.1. The Morgan fingerprint density at radius 3 is 1.77 bits per heavy atom. The third-order valence-electron chi connectivity index (χ3n) is 5.80. The molecule has 0 saturated carbocycles. The molecular formula is C26H26N2O3. The molecule has 0 aliphatic carbocycles. The van der Waals surface area contributed by atoms with Crippen LogP contribution in [-0.4, -0.2) is 34.5 Å². The van der Waals surface area contributed by atoms with Crippen molar-refractivity contribution in [3.05, 3.63) is 108 Å². The standard InChI is InChI=1S/C26H26N2O3/c29-25(28-18-10-17-22(28)26(30)31)24(21-15-8-3-9-16-21)27-23(19-11-4-1-5-12-19)20-13-6-2-7-14-20/h1-9,11-16,22-24,27H,10,17-18H2,(H,30,31)/t22-,24+/m0/s1. The van der Waals surface area contributed by atoms with E-state index < -0.39 is 18.1 Å². The maximum Gasteiger partial charge on any atom is 0.326 e. The molecule has 3 aromatic carbocycles. The molecule has 0 spiro atoms. The monoisotopic (exact) mass is 414 g/mol. The van der Waals surface area contributed by atoms with Crippen LogP contribution in [0.4, 0.5) is 0 Å². The van der Waals surface area contributed by atoms with Gasteiger partial charge in [0.25, 0.3) is 0 Å². The summed E-state index contributed by atoms with van der Waals surface area (Å²) in [4.78, 5) is 26.9. The molecule has 1 fully saturated rings. The summed E-state index contributed by atoms with van der Waals surface area (Å²) in [5.74, 6) is -1.15. The van der Waals surface area contributed by atoms with Gasteiger partial charge in [0.1, 0.15) is 12.1 Å². The number of hydrogen-bond acceptors (Lipinski definition) is 3. The van der Waals surface area contributed by atoms with Crippen LogP contribution in [0.25, 0.3) is 0 Å². The number of carbonyl (C=O) groups excluding carboxylic acids is 1. The van der Waals surface area contributed by atoms with Crippen molar-refractivity contribution in [2.24, 2.45) is 0 Å². The van der Waals surface area contributed by atoms with Crippen molar-refractivity contribution in [1.82, 2.24) is 10.2 Å². The molecule has 4 rings (SSSR count). The summed E-state index contributed by atoms with van der Waals surface area (Å²) in [7, 11) is 0. The van der Waals surface area contributed by atoms with E-state index >= 15 is 0 Å². The molecule has 158 valence electrons. The van der Waals surface area contributed by atoms with Crippen LogP contribution in [0.15, 0.2) is 91.0 Å². The number of carboxylic acids is 1. The fraction of sp³-hybridized carbons (Fsp3) is 0.231. The fourth-order valence-corrected chi connectivity index (χ4v) is 4.25. The molecule has 31 heavy (non-hydrogen) atoms. The first kappa shape index (κ1) is 20.8. The van der Waals surface area contributed by atoms with Gasteiger partial charge in [0.05, 0.1) is 6.04 Å². The van der Waals surface area contributed by atoms with Crippen molar-refractivity contribution in [2.45, 2.75) is 31.0 Å². The molecule has 2 atom stereocenters. The topological polar surface area (TPSA) is 69.6 Å². The highest BCUT2D eigenvalue weighted by Crippen LogP contribution is 2.29. The highest BCUT2D eigenvalue weighted by molar-refractivity contribution is 5.88. The number of hydrogen-bond donors (Lipinski definition) is 2. The summed E-state index contributed by atoms with van der Waals surface area (Å²) in [5, 5.41) is 13.2. The van der Waals surface area contributed by atoms with Gasteiger partial charge in [0, 0.05) is 6.54 Å². The van der Waals surface area contributed by atoms with Crippen LogP contribution in [0, 0.1) is 0 Å². The molecule has 1 amide bonds. The second kappa shape index (κ2) is 9.58. The van der Waals surface area contributed by atoms with Crippen LogP contribution in [0.2, 0.25) is 0 Å². The molecule has 2 N–H and O–H groups in total. The van der Waals surface area contributed by atoms with Crippen molar-refractivity contribution in [3.63, 3.8) is 0 Å². The third-order valence-corrected chi connectivity index (χ3v) is 5.80.